The Morgan fingerprint density at radius 1 is 0.379 bits per heavy atom. The molecule has 4 heterocycles. The summed E-state index contributed by atoms with van der Waals surface area (Å²) < 4.78 is 21.3. The molecule has 0 fully saturated rings. The Balaban J connectivity index is 1.06. The van der Waals surface area contributed by atoms with Crippen molar-refractivity contribution in [3.05, 3.63) is 194 Å². The zero-order chi connectivity index (χ0) is 38.3. The molecular formula is C52H31FN4S. The van der Waals surface area contributed by atoms with Gasteiger partial charge in [0.05, 0.1) is 38.2 Å². The van der Waals surface area contributed by atoms with Crippen molar-refractivity contribution >= 4 is 75.1 Å². The predicted molar refractivity (Wildman–Crippen MR) is 240 cm³/mol. The van der Waals surface area contributed by atoms with Crippen molar-refractivity contribution in [1.29, 1.82) is 0 Å². The number of thiophene rings is 1. The number of nitrogens with zero attached hydrogens (tertiary/aromatic N) is 4. The summed E-state index contributed by atoms with van der Waals surface area (Å²) in [6.07, 6.45) is 0. The minimum atomic E-state index is -0.207. The third kappa shape index (κ3) is 4.98. The van der Waals surface area contributed by atoms with Gasteiger partial charge in [-0.3, -0.25) is 4.57 Å². The van der Waals surface area contributed by atoms with Crippen molar-refractivity contribution in [3.63, 3.8) is 0 Å². The first kappa shape index (κ1) is 32.8. The van der Waals surface area contributed by atoms with Gasteiger partial charge >= 0.3 is 0 Å². The summed E-state index contributed by atoms with van der Waals surface area (Å²) in [5, 5.41) is 6.62. The van der Waals surface area contributed by atoms with E-state index in [1.165, 1.54) is 39.2 Å². The lowest BCUT2D eigenvalue weighted by Crippen LogP contribution is -2.04. The van der Waals surface area contributed by atoms with Gasteiger partial charge in [0.25, 0.3) is 0 Å². The lowest BCUT2D eigenvalue weighted by atomic mass is 10.0. The van der Waals surface area contributed by atoms with E-state index in [9.17, 15) is 0 Å². The third-order valence-electron chi connectivity index (χ3n) is 11.4. The van der Waals surface area contributed by atoms with Gasteiger partial charge in [-0.2, -0.15) is 0 Å². The number of rotatable bonds is 5. The molecule has 6 heteroatoms. The zero-order valence-corrected chi connectivity index (χ0v) is 31.8. The van der Waals surface area contributed by atoms with Crippen LogP contribution in [0, 0.1) is 5.82 Å². The fourth-order valence-electron chi connectivity index (χ4n) is 8.79. The van der Waals surface area contributed by atoms with Crippen LogP contribution in [0.3, 0.4) is 0 Å². The minimum absolute atomic E-state index is 0.207. The quantitative estimate of drug-likeness (QED) is 0.175. The average Bonchev–Trinajstić information content (AvgIpc) is 3.95. The molecular weight excluding hydrogens is 732 g/mol. The molecule has 4 nitrogen and oxygen atoms in total. The van der Waals surface area contributed by atoms with E-state index in [-0.39, 0.29) is 5.82 Å². The van der Waals surface area contributed by atoms with Crippen LogP contribution in [-0.2, 0) is 0 Å². The Labute approximate surface area is 336 Å². The summed E-state index contributed by atoms with van der Waals surface area (Å²) in [5.41, 5.74) is 11.4. The second-order valence-corrected chi connectivity index (χ2v) is 15.7. The van der Waals surface area contributed by atoms with E-state index in [1.807, 2.05) is 30.3 Å². The third-order valence-corrected chi connectivity index (χ3v) is 12.7. The van der Waals surface area contributed by atoms with Crippen LogP contribution in [0.25, 0.3) is 109 Å². The SMILES string of the molecule is Fc1cccc2c1sc1c(-c3cc(-c4ccccc4)nc(-n4c5ccccc5c5cc(-c6ccc7c(c6)c6ccccc6n7-c6ccccc6)ccc54)n3)cccc12. The molecule has 0 N–H and O–H groups in total. The summed E-state index contributed by atoms with van der Waals surface area (Å²) in [6, 6.07) is 65.1. The van der Waals surface area contributed by atoms with Crippen molar-refractivity contribution in [2.75, 3.05) is 0 Å². The van der Waals surface area contributed by atoms with Crippen molar-refractivity contribution < 1.29 is 4.39 Å². The van der Waals surface area contributed by atoms with E-state index < -0.39 is 0 Å². The van der Waals surface area contributed by atoms with Crippen LogP contribution in [0.2, 0.25) is 0 Å². The fraction of sp³-hybridized carbons (Fsp3) is 0. The Morgan fingerprint density at radius 3 is 1.62 bits per heavy atom. The van der Waals surface area contributed by atoms with Gasteiger partial charge in [-0.1, -0.05) is 127 Å². The summed E-state index contributed by atoms with van der Waals surface area (Å²) in [5.74, 6) is 0.372. The molecule has 0 aliphatic heterocycles. The van der Waals surface area contributed by atoms with E-state index in [1.54, 1.807) is 6.07 Å². The highest BCUT2D eigenvalue weighted by atomic mass is 32.1. The predicted octanol–water partition coefficient (Wildman–Crippen LogP) is 14.2. The Morgan fingerprint density at radius 2 is 0.914 bits per heavy atom. The van der Waals surface area contributed by atoms with E-state index in [4.69, 9.17) is 9.97 Å². The van der Waals surface area contributed by atoms with Gasteiger partial charge in [-0.15, -0.1) is 11.3 Å². The largest absolute Gasteiger partial charge is 0.309 e. The summed E-state index contributed by atoms with van der Waals surface area (Å²) in [6.45, 7) is 0. The maximum absolute atomic E-state index is 15.1. The van der Waals surface area contributed by atoms with Gasteiger partial charge in [-0.05, 0) is 71.8 Å². The van der Waals surface area contributed by atoms with E-state index >= 15 is 4.39 Å². The van der Waals surface area contributed by atoms with E-state index in [2.05, 4.69) is 155 Å². The monoisotopic (exact) mass is 762 g/mol. The van der Waals surface area contributed by atoms with Gasteiger partial charge in [0.2, 0.25) is 5.95 Å². The Hall–Kier alpha value is -7.41. The Kier molecular flexibility index (Phi) is 7.25. The lowest BCUT2D eigenvalue weighted by molar-refractivity contribution is 0.642. The van der Waals surface area contributed by atoms with Crippen LogP contribution < -0.4 is 0 Å². The molecule has 0 amide bonds. The number of hydrogen-bond donors (Lipinski definition) is 0. The molecule has 0 bridgehead atoms. The van der Waals surface area contributed by atoms with Crippen LogP contribution >= 0.6 is 11.3 Å². The average molecular weight is 763 g/mol. The van der Waals surface area contributed by atoms with Crippen molar-refractivity contribution in [2.24, 2.45) is 0 Å². The van der Waals surface area contributed by atoms with Crippen LogP contribution in [-0.4, -0.2) is 19.1 Å². The molecule has 0 spiro atoms. The van der Waals surface area contributed by atoms with Crippen LogP contribution in [0.1, 0.15) is 0 Å². The van der Waals surface area contributed by atoms with Gasteiger partial charge in [-0.25, -0.2) is 14.4 Å². The molecule has 58 heavy (non-hydrogen) atoms. The number of aromatic nitrogens is 4. The Bertz CT molecular complexity index is 3580. The van der Waals surface area contributed by atoms with Crippen LogP contribution in [0.15, 0.2) is 188 Å². The molecule has 0 saturated carbocycles. The molecule has 12 rings (SSSR count). The number of halogens is 1. The van der Waals surface area contributed by atoms with Crippen LogP contribution in [0.4, 0.5) is 4.39 Å². The number of fused-ring (bicyclic) bond motifs is 9. The second kappa shape index (κ2) is 12.8. The number of benzene rings is 8. The van der Waals surface area contributed by atoms with Crippen LogP contribution in [0.5, 0.6) is 0 Å². The molecule has 4 aromatic heterocycles. The molecule has 0 radical (unpaired) electrons. The van der Waals surface area contributed by atoms with Gasteiger partial charge in [0.1, 0.15) is 5.82 Å². The molecule has 0 saturated heterocycles. The topological polar surface area (TPSA) is 35.6 Å². The van der Waals surface area contributed by atoms with Gasteiger partial charge in [0.15, 0.2) is 0 Å². The van der Waals surface area contributed by atoms with E-state index in [0.717, 1.165) is 76.6 Å². The smallest absolute Gasteiger partial charge is 0.235 e. The highest BCUT2D eigenvalue weighted by Gasteiger charge is 2.20. The first-order valence-corrected chi connectivity index (χ1v) is 20.2. The maximum atomic E-state index is 15.1. The van der Waals surface area contributed by atoms with Crippen molar-refractivity contribution in [2.45, 2.75) is 0 Å². The zero-order valence-electron chi connectivity index (χ0n) is 31.0. The molecule has 0 aliphatic rings. The number of hydrogen-bond acceptors (Lipinski definition) is 3. The number of para-hydroxylation sites is 3. The minimum Gasteiger partial charge on any atom is -0.309 e. The summed E-state index contributed by atoms with van der Waals surface area (Å²) >= 11 is 1.48. The molecule has 0 atom stereocenters. The highest BCUT2D eigenvalue weighted by molar-refractivity contribution is 7.26. The summed E-state index contributed by atoms with van der Waals surface area (Å²) in [7, 11) is 0. The standard InChI is InChI=1S/C52H31FN4S/c53-43-22-12-20-39-38-19-11-21-40(50(38)58-51(39)43)45-31-44(32-13-3-1-4-14-32)54-52(55-45)57-47-24-10-8-18-37(47)42-30-34(26-28-49(42)57)33-25-27-48-41(29-33)36-17-7-9-23-46(36)56(48)35-15-5-2-6-16-35/h1-31H. The summed E-state index contributed by atoms with van der Waals surface area (Å²) in [4.78, 5) is 10.6. The van der Waals surface area contributed by atoms with E-state index in [0.29, 0.717) is 10.6 Å². The van der Waals surface area contributed by atoms with Crippen molar-refractivity contribution in [3.8, 4) is 45.3 Å². The first-order valence-electron chi connectivity index (χ1n) is 19.4. The maximum Gasteiger partial charge on any atom is 0.235 e. The molecule has 0 unspecified atom stereocenters. The van der Waals surface area contributed by atoms with Crippen molar-refractivity contribution in [1.82, 2.24) is 19.1 Å². The fourth-order valence-corrected chi connectivity index (χ4v) is 10.0. The normalized spacial score (nSPS) is 11.9. The first-order chi connectivity index (χ1) is 28.7. The van der Waals surface area contributed by atoms with Gasteiger partial charge in [0, 0.05) is 53.8 Å². The molecule has 12 aromatic rings. The molecule has 272 valence electrons. The second-order valence-electron chi connectivity index (χ2n) is 14.7. The molecule has 8 aromatic carbocycles. The molecule has 0 aliphatic carbocycles. The lowest BCUT2D eigenvalue weighted by Gasteiger charge is -2.12. The highest BCUT2D eigenvalue weighted by Crippen LogP contribution is 2.42. The van der Waals surface area contributed by atoms with Gasteiger partial charge < -0.3 is 4.57 Å².